The van der Waals surface area contributed by atoms with Crippen LogP contribution < -0.4 is 25.5 Å². The molecule has 29 heavy (non-hydrogen) atoms. The Morgan fingerprint density at radius 3 is 2.34 bits per heavy atom. The summed E-state index contributed by atoms with van der Waals surface area (Å²) in [5.41, 5.74) is 4.31. The van der Waals surface area contributed by atoms with Crippen LogP contribution in [-0.2, 0) is 0 Å². The molecule has 3 heterocycles. The molecule has 0 fully saturated rings. The van der Waals surface area contributed by atoms with Gasteiger partial charge in [-0.1, -0.05) is 0 Å². The molecule has 0 saturated carbocycles. The summed E-state index contributed by atoms with van der Waals surface area (Å²) in [6.07, 6.45) is 1.70. The van der Waals surface area contributed by atoms with E-state index >= 15 is 0 Å². The number of para-hydroxylation sites is 2. The summed E-state index contributed by atoms with van der Waals surface area (Å²) in [6, 6.07) is 19.1. The fraction of sp³-hybridized carbons (Fsp3) is 0. The summed E-state index contributed by atoms with van der Waals surface area (Å²) in [6.45, 7) is 0. The van der Waals surface area contributed by atoms with Gasteiger partial charge in [-0.25, -0.2) is 0 Å². The molecule has 0 aliphatic heterocycles. The van der Waals surface area contributed by atoms with E-state index in [1.807, 2.05) is 60.0 Å². The van der Waals surface area contributed by atoms with Crippen LogP contribution in [0.25, 0.3) is 21.9 Å². The van der Waals surface area contributed by atoms with E-state index < -0.39 is 0 Å². The van der Waals surface area contributed by atoms with Crippen LogP contribution in [0.4, 0.5) is 5.13 Å². The van der Waals surface area contributed by atoms with Crippen molar-refractivity contribution in [3.63, 3.8) is 0 Å². The van der Waals surface area contributed by atoms with Crippen LogP contribution in [0.3, 0.4) is 0 Å². The fourth-order valence-corrected chi connectivity index (χ4v) is 5.19. The normalized spacial score (nSPS) is 11.9. The van der Waals surface area contributed by atoms with E-state index in [4.69, 9.17) is 8.83 Å². The molecule has 0 spiro atoms. The second-order valence-corrected chi connectivity index (χ2v) is 9.22. The molecule has 0 amide bonds. The number of anilines is 1. The van der Waals surface area contributed by atoms with Crippen molar-refractivity contribution in [3.05, 3.63) is 88.2 Å². The standard InChI is InChI=1S/C21H13N3O3SSe/c25-20-18(12-14-6-2-4-8-16(14)27-20)29-17-11-13-5-1-3-7-15(13)26-19(17)23-24-21-22-9-10-28-21/h1-12H,(H,22,24). The Morgan fingerprint density at radius 1 is 0.931 bits per heavy atom. The van der Waals surface area contributed by atoms with Gasteiger partial charge in [0, 0.05) is 0 Å². The first-order valence-electron chi connectivity index (χ1n) is 8.69. The van der Waals surface area contributed by atoms with Gasteiger partial charge in [-0.05, 0) is 0 Å². The first-order valence-corrected chi connectivity index (χ1v) is 11.3. The van der Waals surface area contributed by atoms with E-state index in [0.29, 0.717) is 20.7 Å². The van der Waals surface area contributed by atoms with Gasteiger partial charge < -0.3 is 0 Å². The first-order chi connectivity index (χ1) is 14.3. The molecular weight excluding hydrogens is 453 g/mol. The zero-order chi connectivity index (χ0) is 19.6. The molecule has 6 nitrogen and oxygen atoms in total. The Bertz CT molecular complexity index is 1440. The Kier molecular flexibility index (Phi) is 4.73. The number of nitrogens with one attached hydrogen (secondary N) is 1. The van der Waals surface area contributed by atoms with Crippen molar-refractivity contribution >= 4 is 62.3 Å². The molecule has 1 N–H and O–H groups in total. The monoisotopic (exact) mass is 467 g/mol. The van der Waals surface area contributed by atoms with Crippen molar-refractivity contribution in [2.24, 2.45) is 5.10 Å². The van der Waals surface area contributed by atoms with Gasteiger partial charge in [-0.2, -0.15) is 0 Å². The van der Waals surface area contributed by atoms with Crippen LogP contribution in [0.1, 0.15) is 0 Å². The summed E-state index contributed by atoms with van der Waals surface area (Å²) in [5.74, 6) is 0. The molecule has 0 atom stereocenters. The number of fused-ring (bicyclic) bond motifs is 2. The quantitative estimate of drug-likeness (QED) is 0.250. The van der Waals surface area contributed by atoms with Crippen LogP contribution >= 0.6 is 11.3 Å². The maximum atomic E-state index is 12.5. The topological polar surface area (TPSA) is 80.6 Å². The summed E-state index contributed by atoms with van der Waals surface area (Å²) in [5, 5.41) is 8.76. The molecule has 5 rings (SSSR count). The molecule has 0 aliphatic carbocycles. The minimum atomic E-state index is -0.360. The Hall–Kier alpha value is -3.19. The summed E-state index contributed by atoms with van der Waals surface area (Å²) in [7, 11) is 0. The molecule has 0 aliphatic rings. The maximum absolute atomic E-state index is 12.5. The third kappa shape index (κ3) is 3.73. The summed E-state index contributed by atoms with van der Waals surface area (Å²) in [4.78, 5) is 16.7. The Morgan fingerprint density at radius 2 is 1.62 bits per heavy atom. The molecule has 0 radical (unpaired) electrons. The average molecular weight is 466 g/mol. The van der Waals surface area contributed by atoms with Crippen LogP contribution in [0, 0.1) is 0 Å². The van der Waals surface area contributed by atoms with E-state index in [2.05, 4.69) is 15.5 Å². The Balaban J connectivity index is 1.63. The van der Waals surface area contributed by atoms with Crippen LogP contribution in [0.5, 0.6) is 0 Å². The van der Waals surface area contributed by atoms with E-state index in [-0.39, 0.29) is 20.6 Å². The van der Waals surface area contributed by atoms with Crippen molar-refractivity contribution in [1.82, 2.24) is 4.98 Å². The SMILES string of the molecule is O=c1oc2ccccc2cc1[Se]c1cc2ccccc2oc1=NNc1nccs1. The third-order valence-corrected chi connectivity index (χ3v) is 6.95. The van der Waals surface area contributed by atoms with Gasteiger partial charge >= 0.3 is 175 Å². The van der Waals surface area contributed by atoms with Gasteiger partial charge in [0.15, 0.2) is 0 Å². The molecule has 0 saturated heterocycles. The van der Waals surface area contributed by atoms with Crippen molar-refractivity contribution < 1.29 is 8.83 Å². The Labute approximate surface area is 174 Å². The average Bonchev–Trinajstić information content (AvgIpc) is 3.26. The second-order valence-electron chi connectivity index (χ2n) is 6.05. The van der Waals surface area contributed by atoms with Crippen molar-refractivity contribution in [1.29, 1.82) is 0 Å². The van der Waals surface area contributed by atoms with Crippen LogP contribution in [0.2, 0.25) is 0 Å². The second kappa shape index (κ2) is 7.67. The van der Waals surface area contributed by atoms with Gasteiger partial charge in [0.25, 0.3) is 0 Å². The number of benzene rings is 2. The van der Waals surface area contributed by atoms with Crippen molar-refractivity contribution in [2.75, 3.05) is 5.43 Å². The van der Waals surface area contributed by atoms with Crippen LogP contribution in [0.15, 0.2) is 91.0 Å². The molecular formula is C21H13N3O3SSe. The fourth-order valence-electron chi connectivity index (χ4n) is 2.81. The number of hydrogen-bond donors (Lipinski definition) is 1. The number of aromatic nitrogens is 1. The minimum absolute atomic E-state index is 0.337. The number of thiazole rings is 1. The van der Waals surface area contributed by atoms with Crippen molar-refractivity contribution in [3.8, 4) is 0 Å². The van der Waals surface area contributed by atoms with Gasteiger partial charge in [-0.3, -0.25) is 0 Å². The zero-order valence-electron chi connectivity index (χ0n) is 14.9. The van der Waals surface area contributed by atoms with E-state index in [0.717, 1.165) is 20.8 Å². The molecule has 2 aromatic carbocycles. The van der Waals surface area contributed by atoms with Gasteiger partial charge in [-0.15, -0.1) is 0 Å². The third-order valence-electron chi connectivity index (χ3n) is 4.14. The van der Waals surface area contributed by atoms with E-state index in [1.54, 1.807) is 12.3 Å². The van der Waals surface area contributed by atoms with Gasteiger partial charge in [0.05, 0.1) is 0 Å². The van der Waals surface area contributed by atoms with Gasteiger partial charge in [0.1, 0.15) is 0 Å². The summed E-state index contributed by atoms with van der Waals surface area (Å²) < 4.78 is 12.9. The zero-order valence-corrected chi connectivity index (χ0v) is 17.4. The van der Waals surface area contributed by atoms with Crippen molar-refractivity contribution in [2.45, 2.75) is 0 Å². The molecule has 0 bridgehead atoms. The predicted molar refractivity (Wildman–Crippen MR) is 115 cm³/mol. The first kappa shape index (κ1) is 17.9. The van der Waals surface area contributed by atoms with Gasteiger partial charge in [0.2, 0.25) is 0 Å². The van der Waals surface area contributed by atoms with E-state index in [1.165, 1.54) is 11.3 Å². The number of hydrogen-bond acceptors (Lipinski definition) is 7. The summed E-state index contributed by atoms with van der Waals surface area (Å²) >= 11 is 1.08. The van der Waals surface area contributed by atoms with E-state index in [9.17, 15) is 4.79 Å². The molecule has 3 aromatic heterocycles. The predicted octanol–water partition coefficient (Wildman–Crippen LogP) is 2.58. The molecule has 0 unspecified atom stereocenters. The molecule has 5 aromatic rings. The molecule has 8 heteroatoms. The molecule has 142 valence electrons. The van der Waals surface area contributed by atoms with Crippen LogP contribution in [-0.4, -0.2) is 19.9 Å². The number of nitrogens with zero attached hydrogens (tertiary/aromatic N) is 2. The number of rotatable bonds is 4.